The van der Waals surface area contributed by atoms with Gasteiger partial charge in [0, 0.05) is 0 Å². The first-order valence-corrected chi connectivity index (χ1v) is 14.2. The molecule has 168 valence electrons. The molecule has 5 aromatic rings. The van der Waals surface area contributed by atoms with E-state index < -0.39 is 8.07 Å². The lowest BCUT2D eigenvalue weighted by molar-refractivity contribution is 1.51. The van der Waals surface area contributed by atoms with Crippen molar-refractivity contribution in [2.75, 3.05) is 0 Å². The summed E-state index contributed by atoms with van der Waals surface area (Å²) in [5.41, 5.74) is 3.99. The second-order valence-electron chi connectivity index (χ2n) is 9.53. The minimum absolute atomic E-state index is 1.30. The highest BCUT2D eigenvalue weighted by molar-refractivity contribution is 7.18. The lowest BCUT2D eigenvalue weighted by Gasteiger charge is -2.33. The zero-order valence-electron chi connectivity index (χ0n) is 20.3. The summed E-state index contributed by atoms with van der Waals surface area (Å²) >= 11 is 0. The summed E-state index contributed by atoms with van der Waals surface area (Å²) in [4.78, 5) is 0. The lowest BCUT2D eigenvalue weighted by atomic mass is 9.97. The molecule has 0 spiro atoms. The van der Waals surface area contributed by atoms with Crippen LogP contribution in [0.4, 0.5) is 0 Å². The van der Waals surface area contributed by atoms with E-state index >= 15 is 0 Å². The summed E-state index contributed by atoms with van der Waals surface area (Å²) in [5, 5.41) is 11.2. The van der Waals surface area contributed by atoms with Gasteiger partial charge in [-0.25, -0.2) is 0 Å². The topological polar surface area (TPSA) is 0 Å². The Morgan fingerprint density at radius 1 is 0.657 bits per heavy atom. The van der Waals surface area contributed by atoms with Crippen LogP contribution in [-0.4, -0.2) is 8.07 Å². The third-order valence-corrected chi connectivity index (χ3v) is 12.7. The molecule has 5 aromatic carbocycles. The summed E-state index contributed by atoms with van der Waals surface area (Å²) in [5.74, 6) is 0. The van der Waals surface area contributed by atoms with E-state index in [1.807, 2.05) is 6.08 Å². The molecule has 6 rings (SSSR count). The molecule has 0 aromatic heterocycles. The quantitative estimate of drug-likeness (QED) is 0.155. The first kappa shape index (κ1) is 21.6. The van der Waals surface area contributed by atoms with Crippen molar-refractivity contribution in [2.45, 2.75) is 13.8 Å². The van der Waals surface area contributed by atoms with E-state index in [0.717, 1.165) is 0 Å². The number of fused-ring (bicyclic) bond motifs is 4. The van der Waals surface area contributed by atoms with Crippen molar-refractivity contribution in [2.24, 2.45) is 0 Å². The van der Waals surface area contributed by atoms with Gasteiger partial charge in [0.2, 0.25) is 0 Å². The predicted octanol–water partition coefficient (Wildman–Crippen LogP) is 6.84. The molecule has 0 aliphatic carbocycles. The first-order chi connectivity index (χ1) is 17.1. The van der Waals surface area contributed by atoms with Crippen LogP contribution in [0.5, 0.6) is 0 Å². The Bertz CT molecular complexity index is 1610. The normalized spacial score (nSPS) is 14.7. The number of rotatable bonds is 4. The van der Waals surface area contributed by atoms with Crippen LogP contribution < -0.4 is 15.6 Å². The van der Waals surface area contributed by atoms with Crippen molar-refractivity contribution in [3.63, 3.8) is 0 Å². The molecule has 0 bridgehead atoms. The zero-order valence-corrected chi connectivity index (χ0v) is 21.3. The Balaban J connectivity index is 1.82. The van der Waals surface area contributed by atoms with E-state index in [9.17, 15) is 0 Å². The van der Waals surface area contributed by atoms with Crippen LogP contribution in [-0.2, 0) is 0 Å². The standard InChI is InChI=1S/C34H28Si/c1-4-5-16-31-25(3)35(29-12-8-6-9-13-29,30-14-10-7-11-15-30)34-32(31)20-19-27-22-28-21-24(2)17-18-26(28)23-33(27)34/h4-23H,1H2,2-3H3/b16-5-. The largest absolute Gasteiger partial charge is 0.177 e. The Morgan fingerprint density at radius 2 is 1.31 bits per heavy atom. The molecule has 0 radical (unpaired) electrons. The SMILES string of the molecule is C=C/C=C\C1=C(C)[Si](c2ccccc2)(c2ccccc2)c2c1ccc1cc3cc(C)ccc3cc21. The summed E-state index contributed by atoms with van der Waals surface area (Å²) in [6, 6.07) is 38.7. The third-order valence-electron chi connectivity index (χ3n) is 7.58. The number of allylic oxidation sites excluding steroid dienone is 5. The van der Waals surface area contributed by atoms with Crippen molar-refractivity contribution in [1.82, 2.24) is 0 Å². The highest BCUT2D eigenvalue weighted by atomic mass is 28.3. The molecule has 1 heterocycles. The van der Waals surface area contributed by atoms with Gasteiger partial charge in [-0.1, -0.05) is 127 Å². The van der Waals surface area contributed by atoms with Crippen LogP contribution in [0.15, 0.2) is 133 Å². The molecule has 0 atom stereocenters. The number of hydrogen-bond donors (Lipinski definition) is 0. The summed E-state index contributed by atoms with van der Waals surface area (Å²) in [7, 11) is -2.49. The molecule has 1 heteroatoms. The van der Waals surface area contributed by atoms with Crippen molar-refractivity contribution in [3.8, 4) is 0 Å². The maximum atomic E-state index is 3.95. The first-order valence-electron chi connectivity index (χ1n) is 12.2. The van der Waals surface area contributed by atoms with Gasteiger partial charge in [-0.05, 0) is 74.2 Å². The second-order valence-corrected chi connectivity index (χ2v) is 13.4. The average Bonchev–Trinajstić information content (AvgIpc) is 3.15. The molecule has 1 aliphatic rings. The van der Waals surface area contributed by atoms with Gasteiger partial charge in [0.25, 0.3) is 0 Å². The van der Waals surface area contributed by atoms with Crippen LogP contribution in [0.3, 0.4) is 0 Å². The zero-order chi connectivity index (χ0) is 24.0. The van der Waals surface area contributed by atoms with Gasteiger partial charge in [-0.15, -0.1) is 0 Å². The summed E-state index contributed by atoms with van der Waals surface area (Å²) in [6.07, 6.45) is 6.22. The fourth-order valence-electron chi connectivity index (χ4n) is 6.05. The van der Waals surface area contributed by atoms with E-state index in [1.54, 1.807) is 0 Å². The second kappa shape index (κ2) is 8.37. The highest BCUT2D eigenvalue weighted by Crippen LogP contribution is 2.38. The molecule has 0 N–H and O–H groups in total. The summed E-state index contributed by atoms with van der Waals surface area (Å²) < 4.78 is 0. The smallest absolute Gasteiger partial charge is 0.0991 e. The van der Waals surface area contributed by atoms with Crippen LogP contribution in [0.25, 0.3) is 27.1 Å². The minimum Gasteiger partial charge on any atom is -0.0991 e. The molecular formula is C34H28Si. The number of hydrogen-bond acceptors (Lipinski definition) is 0. The Kier molecular flexibility index (Phi) is 5.16. The molecule has 0 saturated heterocycles. The van der Waals surface area contributed by atoms with E-state index in [2.05, 4.69) is 136 Å². The van der Waals surface area contributed by atoms with Gasteiger partial charge in [0.1, 0.15) is 0 Å². The maximum Gasteiger partial charge on any atom is 0.177 e. The molecule has 0 fully saturated rings. The van der Waals surface area contributed by atoms with E-state index in [1.165, 1.54) is 59.0 Å². The fraction of sp³-hybridized carbons (Fsp3) is 0.0588. The monoisotopic (exact) mass is 464 g/mol. The van der Waals surface area contributed by atoms with E-state index in [0.29, 0.717) is 0 Å². The van der Waals surface area contributed by atoms with Crippen molar-refractivity contribution in [3.05, 3.63) is 144 Å². The van der Waals surface area contributed by atoms with Gasteiger partial charge in [-0.2, -0.15) is 0 Å². The molecule has 0 saturated carbocycles. The van der Waals surface area contributed by atoms with Crippen LogP contribution in [0.1, 0.15) is 18.1 Å². The van der Waals surface area contributed by atoms with Gasteiger partial charge >= 0.3 is 0 Å². The predicted molar refractivity (Wildman–Crippen MR) is 156 cm³/mol. The van der Waals surface area contributed by atoms with Gasteiger partial charge in [0.15, 0.2) is 8.07 Å². The van der Waals surface area contributed by atoms with Crippen molar-refractivity contribution >= 4 is 50.8 Å². The Morgan fingerprint density at radius 3 is 1.97 bits per heavy atom. The molecule has 1 aliphatic heterocycles. The Labute approximate surface area is 208 Å². The Hall–Kier alpha value is -3.94. The highest BCUT2D eigenvalue weighted by Gasteiger charge is 2.48. The molecule has 35 heavy (non-hydrogen) atoms. The van der Waals surface area contributed by atoms with Gasteiger partial charge in [0.05, 0.1) is 0 Å². The van der Waals surface area contributed by atoms with Gasteiger partial charge in [-0.3, -0.25) is 0 Å². The van der Waals surface area contributed by atoms with E-state index in [-0.39, 0.29) is 0 Å². The minimum atomic E-state index is -2.49. The summed E-state index contributed by atoms with van der Waals surface area (Å²) in [6.45, 7) is 8.48. The molecular weight excluding hydrogens is 436 g/mol. The van der Waals surface area contributed by atoms with Crippen molar-refractivity contribution < 1.29 is 0 Å². The molecule has 0 unspecified atom stereocenters. The van der Waals surface area contributed by atoms with Crippen LogP contribution in [0.2, 0.25) is 0 Å². The number of benzene rings is 5. The maximum absolute atomic E-state index is 3.95. The van der Waals surface area contributed by atoms with Crippen LogP contribution in [0, 0.1) is 6.92 Å². The molecule has 0 nitrogen and oxygen atoms in total. The van der Waals surface area contributed by atoms with Crippen molar-refractivity contribution in [1.29, 1.82) is 0 Å². The van der Waals surface area contributed by atoms with Crippen LogP contribution >= 0.6 is 0 Å². The molecule has 0 amide bonds. The average molecular weight is 465 g/mol. The lowest BCUT2D eigenvalue weighted by Crippen LogP contribution is -2.67. The number of aryl methyl sites for hydroxylation is 1. The fourth-order valence-corrected chi connectivity index (χ4v) is 11.5. The third kappa shape index (κ3) is 3.19. The van der Waals surface area contributed by atoms with E-state index in [4.69, 9.17) is 0 Å². The van der Waals surface area contributed by atoms with Gasteiger partial charge < -0.3 is 0 Å².